The number of ether oxygens (including phenoxy) is 2. The molecule has 32 heavy (non-hydrogen) atoms. The number of amides is 1. The number of nitrogens with one attached hydrogen (secondary N) is 1. The maximum atomic E-state index is 12.5. The molecule has 0 saturated heterocycles. The fourth-order valence-electron chi connectivity index (χ4n) is 2.85. The zero-order valence-electron chi connectivity index (χ0n) is 17.3. The van der Waals surface area contributed by atoms with Gasteiger partial charge in [-0.05, 0) is 47.0 Å². The molecule has 0 heterocycles. The van der Waals surface area contributed by atoms with Gasteiger partial charge in [0.05, 0.1) is 7.11 Å². The van der Waals surface area contributed by atoms with E-state index in [2.05, 4.69) is 21.2 Å². The molecule has 1 amide bonds. The summed E-state index contributed by atoms with van der Waals surface area (Å²) < 4.78 is 12.0. The van der Waals surface area contributed by atoms with Crippen molar-refractivity contribution in [3.63, 3.8) is 0 Å². The van der Waals surface area contributed by atoms with E-state index in [-0.39, 0.29) is 5.57 Å². The van der Waals surface area contributed by atoms with Gasteiger partial charge in [0.2, 0.25) is 0 Å². The summed E-state index contributed by atoms with van der Waals surface area (Å²) in [5.41, 5.74) is 2.51. The van der Waals surface area contributed by atoms with Crippen LogP contribution in [0.3, 0.4) is 0 Å². The second-order valence-corrected chi connectivity index (χ2v) is 8.07. The normalized spacial score (nSPS) is 10.9. The van der Waals surface area contributed by atoms with E-state index in [1.807, 2.05) is 48.5 Å². The van der Waals surface area contributed by atoms with E-state index in [9.17, 15) is 10.1 Å². The molecule has 3 aromatic carbocycles. The Morgan fingerprint density at radius 1 is 1.09 bits per heavy atom. The summed E-state index contributed by atoms with van der Waals surface area (Å²) in [4.78, 5) is 12.5. The van der Waals surface area contributed by atoms with Crippen molar-refractivity contribution in [2.75, 3.05) is 7.11 Å². The molecule has 0 spiro atoms. The molecular weight excluding hydrogens is 492 g/mol. The topological polar surface area (TPSA) is 71.3 Å². The standard InChI is InChI=1S/C25H20BrClN2O3/c1-31-23-12-19(11-20(14-28)25(30)29-15-17-5-3-2-4-6-17)22(26)13-24(23)32-16-18-7-9-21(27)10-8-18/h2-13H,15-16H2,1H3,(H,29,30)/b20-11+. The molecule has 0 saturated carbocycles. The number of carbonyl (C=O) groups excluding carboxylic acids is 1. The molecule has 5 nitrogen and oxygen atoms in total. The maximum absolute atomic E-state index is 12.5. The van der Waals surface area contributed by atoms with Gasteiger partial charge in [0.25, 0.3) is 5.91 Å². The molecule has 0 bridgehead atoms. The number of hydrogen-bond donors (Lipinski definition) is 1. The Morgan fingerprint density at radius 2 is 1.81 bits per heavy atom. The van der Waals surface area contributed by atoms with Crippen LogP contribution in [0.2, 0.25) is 5.02 Å². The number of rotatable bonds is 8. The Hall–Kier alpha value is -3.27. The third-order valence-corrected chi connectivity index (χ3v) is 5.49. The molecule has 0 unspecified atom stereocenters. The summed E-state index contributed by atoms with van der Waals surface area (Å²) in [6, 6.07) is 22.3. The summed E-state index contributed by atoms with van der Waals surface area (Å²) >= 11 is 9.41. The lowest BCUT2D eigenvalue weighted by atomic mass is 10.1. The van der Waals surface area contributed by atoms with Crippen LogP contribution < -0.4 is 14.8 Å². The Labute approximate surface area is 200 Å². The van der Waals surface area contributed by atoms with E-state index in [0.717, 1.165) is 11.1 Å². The van der Waals surface area contributed by atoms with E-state index < -0.39 is 5.91 Å². The first-order valence-corrected chi connectivity index (χ1v) is 10.9. The summed E-state index contributed by atoms with van der Waals surface area (Å²) in [7, 11) is 1.53. The fourth-order valence-corrected chi connectivity index (χ4v) is 3.42. The summed E-state index contributed by atoms with van der Waals surface area (Å²) in [5, 5.41) is 12.9. The molecule has 0 atom stereocenters. The zero-order valence-corrected chi connectivity index (χ0v) is 19.6. The highest BCUT2D eigenvalue weighted by Crippen LogP contribution is 2.35. The molecular formula is C25H20BrClN2O3. The van der Waals surface area contributed by atoms with E-state index >= 15 is 0 Å². The van der Waals surface area contributed by atoms with Crippen LogP contribution in [-0.4, -0.2) is 13.0 Å². The largest absolute Gasteiger partial charge is 0.493 e. The molecule has 1 N–H and O–H groups in total. The lowest BCUT2D eigenvalue weighted by Crippen LogP contribution is -2.23. The second-order valence-electron chi connectivity index (χ2n) is 6.78. The van der Waals surface area contributed by atoms with Gasteiger partial charge in [0.1, 0.15) is 18.2 Å². The lowest BCUT2D eigenvalue weighted by molar-refractivity contribution is -0.117. The van der Waals surface area contributed by atoms with Crippen LogP contribution >= 0.6 is 27.5 Å². The van der Waals surface area contributed by atoms with Crippen molar-refractivity contribution < 1.29 is 14.3 Å². The van der Waals surface area contributed by atoms with E-state index in [1.54, 1.807) is 24.3 Å². The molecule has 0 aliphatic heterocycles. The number of methoxy groups -OCH3 is 1. The molecule has 0 aliphatic carbocycles. The van der Waals surface area contributed by atoms with Crippen molar-refractivity contribution in [2.24, 2.45) is 0 Å². The number of halogens is 2. The average Bonchev–Trinajstić information content (AvgIpc) is 2.82. The molecule has 7 heteroatoms. The van der Waals surface area contributed by atoms with Crippen LogP contribution in [0, 0.1) is 11.3 Å². The number of benzene rings is 3. The first-order valence-electron chi connectivity index (χ1n) is 9.69. The second kappa shape index (κ2) is 11.4. The minimum Gasteiger partial charge on any atom is -0.493 e. The SMILES string of the molecule is COc1cc(/C=C(\C#N)C(=O)NCc2ccccc2)c(Br)cc1OCc1ccc(Cl)cc1. The highest BCUT2D eigenvalue weighted by atomic mass is 79.9. The smallest absolute Gasteiger partial charge is 0.262 e. The van der Waals surface area contributed by atoms with Gasteiger partial charge in [-0.15, -0.1) is 0 Å². The zero-order chi connectivity index (χ0) is 22.9. The first-order chi connectivity index (χ1) is 15.5. The number of carbonyl (C=O) groups is 1. The van der Waals surface area contributed by atoms with Gasteiger partial charge < -0.3 is 14.8 Å². The summed E-state index contributed by atoms with van der Waals surface area (Å²) in [5.74, 6) is 0.555. The highest BCUT2D eigenvalue weighted by molar-refractivity contribution is 9.10. The van der Waals surface area contributed by atoms with Crippen LogP contribution in [-0.2, 0) is 17.9 Å². The predicted octanol–water partition coefficient (Wildman–Crippen LogP) is 5.91. The number of hydrogen-bond acceptors (Lipinski definition) is 4. The van der Waals surface area contributed by atoms with Gasteiger partial charge in [-0.3, -0.25) is 4.79 Å². The Balaban J connectivity index is 1.75. The van der Waals surface area contributed by atoms with Crippen molar-refractivity contribution >= 4 is 39.5 Å². The average molecular weight is 512 g/mol. The molecule has 0 aromatic heterocycles. The Kier molecular flexibility index (Phi) is 8.32. The minimum absolute atomic E-state index is 0.0153. The van der Waals surface area contributed by atoms with E-state index in [0.29, 0.717) is 39.7 Å². The van der Waals surface area contributed by atoms with E-state index in [4.69, 9.17) is 21.1 Å². The molecule has 0 aliphatic rings. The van der Waals surface area contributed by atoms with Crippen molar-refractivity contribution in [3.8, 4) is 17.6 Å². The number of nitriles is 1. The van der Waals surface area contributed by atoms with Crippen molar-refractivity contribution in [2.45, 2.75) is 13.2 Å². The van der Waals surface area contributed by atoms with Crippen molar-refractivity contribution in [3.05, 3.63) is 98.5 Å². The van der Waals surface area contributed by atoms with Crippen LogP contribution in [0.1, 0.15) is 16.7 Å². The minimum atomic E-state index is -0.453. The molecule has 3 aromatic rings. The van der Waals surface area contributed by atoms with Crippen LogP contribution in [0.4, 0.5) is 0 Å². The van der Waals surface area contributed by atoms with Crippen molar-refractivity contribution in [1.82, 2.24) is 5.32 Å². The van der Waals surface area contributed by atoms with Crippen LogP contribution in [0.5, 0.6) is 11.5 Å². The third kappa shape index (κ3) is 6.36. The molecule has 0 radical (unpaired) electrons. The Bertz CT molecular complexity index is 1160. The van der Waals surface area contributed by atoms with Gasteiger partial charge in [0.15, 0.2) is 11.5 Å². The van der Waals surface area contributed by atoms with Crippen LogP contribution in [0.15, 0.2) is 76.8 Å². The fraction of sp³-hybridized carbons (Fsp3) is 0.120. The van der Waals surface area contributed by atoms with Gasteiger partial charge in [0, 0.05) is 16.0 Å². The van der Waals surface area contributed by atoms with E-state index in [1.165, 1.54) is 13.2 Å². The summed E-state index contributed by atoms with van der Waals surface area (Å²) in [6.07, 6.45) is 1.51. The molecule has 0 fully saturated rings. The van der Waals surface area contributed by atoms with Gasteiger partial charge in [-0.1, -0.05) is 70.0 Å². The maximum Gasteiger partial charge on any atom is 0.262 e. The van der Waals surface area contributed by atoms with Crippen LogP contribution in [0.25, 0.3) is 6.08 Å². The number of nitrogens with zero attached hydrogens (tertiary/aromatic N) is 1. The lowest BCUT2D eigenvalue weighted by Gasteiger charge is -2.13. The first kappa shape index (κ1) is 23.4. The highest BCUT2D eigenvalue weighted by Gasteiger charge is 2.14. The van der Waals surface area contributed by atoms with Gasteiger partial charge in [-0.25, -0.2) is 0 Å². The van der Waals surface area contributed by atoms with Gasteiger partial charge in [-0.2, -0.15) is 5.26 Å². The van der Waals surface area contributed by atoms with Gasteiger partial charge >= 0.3 is 0 Å². The quantitative estimate of drug-likeness (QED) is 0.301. The monoisotopic (exact) mass is 510 g/mol. The summed E-state index contributed by atoms with van der Waals surface area (Å²) in [6.45, 7) is 0.668. The van der Waals surface area contributed by atoms with Crippen molar-refractivity contribution in [1.29, 1.82) is 5.26 Å². The molecule has 3 rings (SSSR count). The predicted molar refractivity (Wildman–Crippen MR) is 128 cm³/mol. The Morgan fingerprint density at radius 3 is 2.47 bits per heavy atom. The molecule has 162 valence electrons. The third-order valence-electron chi connectivity index (χ3n) is 4.55.